The molecule has 1 aliphatic rings. The van der Waals surface area contributed by atoms with Crippen LogP contribution in [0, 0.1) is 0 Å². The van der Waals surface area contributed by atoms with E-state index < -0.39 is 75.7 Å². The summed E-state index contributed by atoms with van der Waals surface area (Å²) in [5, 5.41) is 59.9. The number of allylic oxidation sites excluding steroid dienone is 13. The zero-order valence-electron chi connectivity index (χ0n) is 38.4. The molecule has 0 aromatic carbocycles. The van der Waals surface area contributed by atoms with Gasteiger partial charge in [0.1, 0.15) is 43.2 Å². The number of phosphoric acid groups is 1. The number of hydrogen-bond donors (Lipinski definition) is 7. The zero-order valence-corrected chi connectivity index (χ0v) is 39.3. The van der Waals surface area contributed by atoms with E-state index >= 15 is 0 Å². The molecule has 0 aliphatic heterocycles. The number of esters is 2. The minimum Gasteiger partial charge on any atom is -0.462 e. The van der Waals surface area contributed by atoms with Gasteiger partial charge >= 0.3 is 19.8 Å². The molecule has 0 aromatic rings. The van der Waals surface area contributed by atoms with Gasteiger partial charge in [-0.25, -0.2) is 4.57 Å². The number of aliphatic hydroxyl groups excluding tert-OH is 6. The third-order valence-electron chi connectivity index (χ3n) is 10.3. The smallest absolute Gasteiger partial charge is 0.462 e. The summed E-state index contributed by atoms with van der Waals surface area (Å²) < 4.78 is 33.4. The van der Waals surface area contributed by atoms with Crippen LogP contribution < -0.4 is 0 Å². The Morgan fingerprint density at radius 3 is 1.50 bits per heavy atom. The van der Waals surface area contributed by atoms with Crippen molar-refractivity contribution < 1.29 is 68.2 Å². The molecule has 15 heteroatoms. The van der Waals surface area contributed by atoms with Gasteiger partial charge in [0.05, 0.1) is 12.7 Å². The highest BCUT2D eigenvalue weighted by molar-refractivity contribution is 7.47. The van der Waals surface area contributed by atoms with E-state index in [4.69, 9.17) is 18.5 Å². The molecule has 0 spiro atoms. The minimum absolute atomic E-state index is 0.00138. The standard InChI is InChI=1S/C49H81O14P/c1-3-5-6-7-8-9-10-11-12-13-14-17-21-24-27-30-33-37-43(52)62-41(39-61-64(58,59)63-49-47(56)45(54)44(53)46(55)48(49)57)38-60-42(51)36-32-29-26-23-20-18-15-16-19-22-25-28-31-35-40(50)34-4-2/h11-12,14-15,17-19,22-24,26-28,31,40-41,44-50,53-57H,3-10,13,16,20-21,25,29-30,32-39H2,1-2H3,(H,58,59)/b12-11-,17-14-,18-15-,22-19-,26-23-,27-24-,31-28-/t40?,41-,44?,45-,46+,47-,48-,49?/m1/s1. The SMILES string of the molecule is CCCCCCCC/C=C\C/C=C\C/C=C\CCCC(=O)O[C@H](COC(=O)CCC/C=C\C/C=C\C/C=C\C/C=C\CC(O)CCC)COP(=O)(O)OC1[C@H](O)[C@H](O)C(O)[C@H](O)[C@H]1O. The Kier molecular flexibility index (Phi) is 35.2. The fourth-order valence-electron chi connectivity index (χ4n) is 6.49. The molecule has 0 amide bonds. The quantitative estimate of drug-likeness (QED) is 0.0135. The molecule has 4 unspecified atom stereocenters. The number of unbranched alkanes of at least 4 members (excludes halogenated alkanes) is 8. The van der Waals surface area contributed by atoms with Crippen LogP contribution >= 0.6 is 7.82 Å². The van der Waals surface area contributed by atoms with Gasteiger partial charge in [-0.3, -0.25) is 18.6 Å². The summed E-state index contributed by atoms with van der Waals surface area (Å²) in [5.41, 5.74) is 0. The van der Waals surface area contributed by atoms with Gasteiger partial charge in [-0.05, 0) is 83.5 Å². The van der Waals surface area contributed by atoms with E-state index in [-0.39, 0.29) is 18.9 Å². The van der Waals surface area contributed by atoms with Crippen LogP contribution in [0.3, 0.4) is 0 Å². The molecule has 7 N–H and O–H groups in total. The number of rotatable bonds is 37. The summed E-state index contributed by atoms with van der Waals surface area (Å²) in [6.45, 7) is 2.99. The van der Waals surface area contributed by atoms with Crippen molar-refractivity contribution in [3.63, 3.8) is 0 Å². The highest BCUT2D eigenvalue weighted by Gasteiger charge is 2.51. The van der Waals surface area contributed by atoms with Crippen molar-refractivity contribution in [2.24, 2.45) is 0 Å². The van der Waals surface area contributed by atoms with Crippen LogP contribution in [0.15, 0.2) is 85.1 Å². The Bertz CT molecular complexity index is 1460. The van der Waals surface area contributed by atoms with Crippen LogP contribution in [0.4, 0.5) is 0 Å². The zero-order chi connectivity index (χ0) is 47.3. The summed E-state index contributed by atoms with van der Waals surface area (Å²) in [7, 11) is -5.16. The van der Waals surface area contributed by atoms with Crippen LogP contribution in [-0.2, 0) is 32.7 Å². The van der Waals surface area contributed by atoms with Crippen LogP contribution in [0.25, 0.3) is 0 Å². The maximum absolute atomic E-state index is 12.8. The summed E-state index contributed by atoms with van der Waals surface area (Å²) in [6, 6.07) is 0. The largest absolute Gasteiger partial charge is 0.472 e. The number of carbonyl (C=O) groups is 2. The lowest BCUT2D eigenvalue weighted by molar-refractivity contribution is -0.220. The van der Waals surface area contributed by atoms with Gasteiger partial charge in [-0.2, -0.15) is 0 Å². The van der Waals surface area contributed by atoms with E-state index in [1.807, 2.05) is 30.4 Å². The number of carbonyl (C=O) groups excluding carboxylic acids is 2. The molecule has 64 heavy (non-hydrogen) atoms. The average Bonchev–Trinajstić information content (AvgIpc) is 3.27. The maximum Gasteiger partial charge on any atom is 0.472 e. The van der Waals surface area contributed by atoms with Gasteiger partial charge in [-0.1, -0.05) is 137 Å². The third kappa shape index (κ3) is 30.2. The van der Waals surface area contributed by atoms with Crippen LogP contribution in [0.5, 0.6) is 0 Å². The topological polar surface area (TPSA) is 230 Å². The van der Waals surface area contributed by atoms with Gasteiger partial charge in [-0.15, -0.1) is 0 Å². The average molecular weight is 925 g/mol. The summed E-state index contributed by atoms with van der Waals surface area (Å²) in [4.78, 5) is 35.7. The summed E-state index contributed by atoms with van der Waals surface area (Å²) in [5.74, 6) is -1.25. The molecule has 1 rings (SSSR count). The van der Waals surface area contributed by atoms with E-state index in [2.05, 4.69) is 68.5 Å². The highest BCUT2D eigenvalue weighted by Crippen LogP contribution is 2.47. The van der Waals surface area contributed by atoms with Gasteiger partial charge in [0.2, 0.25) is 0 Å². The molecule has 9 atom stereocenters. The molecular weight excluding hydrogens is 843 g/mol. The Balaban J connectivity index is 2.55. The fraction of sp³-hybridized carbons (Fsp3) is 0.673. The third-order valence-corrected chi connectivity index (χ3v) is 11.3. The molecule has 0 bridgehead atoms. The maximum atomic E-state index is 12.8. The van der Waals surface area contributed by atoms with Gasteiger partial charge in [0, 0.05) is 12.8 Å². The minimum atomic E-state index is -5.16. The van der Waals surface area contributed by atoms with Crippen LogP contribution in [-0.4, -0.2) is 110 Å². The second kappa shape index (κ2) is 38.1. The van der Waals surface area contributed by atoms with Gasteiger partial charge in [0.15, 0.2) is 6.10 Å². The van der Waals surface area contributed by atoms with Gasteiger partial charge in [0.25, 0.3) is 0 Å². The van der Waals surface area contributed by atoms with Crippen molar-refractivity contribution in [3.05, 3.63) is 85.1 Å². The van der Waals surface area contributed by atoms with Crippen molar-refractivity contribution >= 4 is 19.8 Å². The molecule has 0 heterocycles. The lowest BCUT2D eigenvalue weighted by Crippen LogP contribution is -2.64. The number of ether oxygens (including phenoxy) is 2. The Hall–Kier alpha value is -3.01. The van der Waals surface area contributed by atoms with Crippen molar-refractivity contribution in [2.45, 2.75) is 198 Å². The van der Waals surface area contributed by atoms with E-state index in [1.54, 1.807) is 0 Å². The van der Waals surface area contributed by atoms with Crippen molar-refractivity contribution in [1.29, 1.82) is 0 Å². The predicted molar refractivity (Wildman–Crippen MR) is 250 cm³/mol. The second-order valence-electron chi connectivity index (χ2n) is 16.1. The normalized spacial score (nSPS) is 22.8. The Morgan fingerprint density at radius 1 is 0.547 bits per heavy atom. The van der Waals surface area contributed by atoms with Crippen molar-refractivity contribution in [1.82, 2.24) is 0 Å². The van der Waals surface area contributed by atoms with E-state index in [0.29, 0.717) is 32.1 Å². The molecule has 1 saturated carbocycles. The molecular formula is C49H81O14P. The lowest BCUT2D eigenvalue weighted by Gasteiger charge is -2.41. The fourth-order valence-corrected chi connectivity index (χ4v) is 7.46. The first-order valence-electron chi connectivity index (χ1n) is 23.5. The molecule has 0 aromatic heterocycles. The van der Waals surface area contributed by atoms with Crippen molar-refractivity contribution in [2.75, 3.05) is 13.2 Å². The molecule has 1 aliphatic carbocycles. The van der Waals surface area contributed by atoms with Crippen LogP contribution in [0.2, 0.25) is 0 Å². The molecule has 14 nitrogen and oxygen atoms in total. The highest BCUT2D eigenvalue weighted by atomic mass is 31.2. The van der Waals surface area contributed by atoms with Crippen molar-refractivity contribution in [3.8, 4) is 0 Å². The number of hydrogen-bond acceptors (Lipinski definition) is 13. The first-order valence-corrected chi connectivity index (χ1v) is 25.0. The predicted octanol–water partition coefficient (Wildman–Crippen LogP) is 8.25. The molecule has 0 saturated heterocycles. The monoisotopic (exact) mass is 925 g/mol. The Morgan fingerprint density at radius 2 is 0.984 bits per heavy atom. The molecule has 0 radical (unpaired) electrons. The van der Waals surface area contributed by atoms with Gasteiger partial charge < -0.3 is 45.0 Å². The first-order chi connectivity index (χ1) is 30.8. The van der Waals surface area contributed by atoms with Crippen LogP contribution in [0.1, 0.15) is 149 Å². The van der Waals surface area contributed by atoms with E-state index in [9.17, 15) is 49.7 Å². The van der Waals surface area contributed by atoms with E-state index in [0.717, 1.165) is 51.4 Å². The lowest BCUT2D eigenvalue weighted by atomic mass is 9.85. The molecule has 366 valence electrons. The summed E-state index contributed by atoms with van der Waals surface area (Å²) in [6.07, 6.45) is 32.8. The summed E-state index contributed by atoms with van der Waals surface area (Å²) >= 11 is 0. The first kappa shape index (κ1) is 59.0. The molecule has 1 fully saturated rings. The van der Waals surface area contributed by atoms with E-state index in [1.165, 1.54) is 38.5 Å². The number of phosphoric ester groups is 1. The Labute approximate surface area is 382 Å². The second-order valence-corrected chi connectivity index (χ2v) is 17.5. The number of aliphatic hydroxyl groups is 6.